The Labute approximate surface area is 106 Å². The third kappa shape index (κ3) is 4.68. The highest BCUT2D eigenvalue weighted by atomic mass is 16.5. The SMILES string of the molecule is CCOc1ccc(NC(=O)C(N)CCOC)cn1. The van der Waals surface area contributed by atoms with Gasteiger partial charge in [-0.05, 0) is 19.4 Å². The van der Waals surface area contributed by atoms with Crippen LogP contribution in [-0.4, -0.2) is 37.3 Å². The Balaban J connectivity index is 2.48. The molecule has 0 saturated carbocycles. The second-order valence-corrected chi connectivity index (χ2v) is 3.70. The summed E-state index contributed by atoms with van der Waals surface area (Å²) in [4.78, 5) is 15.7. The number of rotatable bonds is 7. The van der Waals surface area contributed by atoms with Crippen LogP contribution >= 0.6 is 0 Å². The number of ether oxygens (including phenoxy) is 2. The van der Waals surface area contributed by atoms with E-state index in [9.17, 15) is 4.79 Å². The Morgan fingerprint density at radius 1 is 1.56 bits per heavy atom. The summed E-state index contributed by atoms with van der Waals surface area (Å²) in [7, 11) is 1.57. The molecule has 0 aromatic carbocycles. The number of carbonyl (C=O) groups is 1. The van der Waals surface area contributed by atoms with Gasteiger partial charge in [0.2, 0.25) is 11.8 Å². The Hall–Kier alpha value is -1.66. The Morgan fingerprint density at radius 3 is 2.89 bits per heavy atom. The van der Waals surface area contributed by atoms with Crippen molar-refractivity contribution in [3.05, 3.63) is 18.3 Å². The van der Waals surface area contributed by atoms with Crippen molar-refractivity contribution >= 4 is 11.6 Å². The van der Waals surface area contributed by atoms with Gasteiger partial charge in [0.15, 0.2) is 0 Å². The molecule has 0 spiro atoms. The third-order valence-electron chi connectivity index (χ3n) is 2.27. The van der Waals surface area contributed by atoms with Gasteiger partial charge in [0.1, 0.15) is 0 Å². The zero-order valence-corrected chi connectivity index (χ0v) is 10.7. The number of nitrogens with one attached hydrogen (secondary N) is 1. The zero-order chi connectivity index (χ0) is 13.4. The van der Waals surface area contributed by atoms with Crippen LogP contribution in [0.1, 0.15) is 13.3 Å². The molecule has 3 N–H and O–H groups in total. The molecule has 100 valence electrons. The van der Waals surface area contributed by atoms with E-state index in [1.807, 2.05) is 6.92 Å². The second kappa shape index (κ2) is 7.62. The summed E-state index contributed by atoms with van der Waals surface area (Å²) in [6, 6.07) is 2.83. The van der Waals surface area contributed by atoms with E-state index < -0.39 is 6.04 Å². The van der Waals surface area contributed by atoms with Gasteiger partial charge < -0.3 is 20.5 Å². The fourth-order valence-corrected chi connectivity index (χ4v) is 1.30. The van der Waals surface area contributed by atoms with E-state index in [4.69, 9.17) is 15.2 Å². The number of pyridine rings is 1. The van der Waals surface area contributed by atoms with Gasteiger partial charge in [0.25, 0.3) is 0 Å². The molecule has 1 amide bonds. The van der Waals surface area contributed by atoms with Gasteiger partial charge in [0.05, 0.1) is 24.5 Å². The molecule has 0 radical (unpaired) electrons. The topological polar surface area (TPSA) is 86.5 Å². The lowest BCUT2D eigenvalue weighted by Gasteiger charge is -2.11. The molecule has 0 aliphatic carbocycles. The van der Waals surface area contributed by atoms with E-state index in [1.165, 1.54) is 6.20 Å². The largest absolute Gasteiger partial charge is 0.478 e. The number of anilines is 1. The van der Waals surface area contributed by atoms with Crippen molar-refractivity contribution < 1.29 is 14.3 Å². The Morgan fingerprint density at radius 2 is 2.33 bits per heavy atom. The van der Waals surface area contributed by atoms with E-state index in [0.717, 1.165) is 0 Å². The number of hydrogen-bond acceptors (Lipinski definition) is 5. The summed E-state index contributed by atoms with van der Waals surface area (Å²) in [5.74, 6) is 0.275. The van der Waals surface area contributed by atoms with Crippen LogP contribution in [0.3, 0.4) is 0 Å². The quantitative estimate of drug-likeness (QED) is 0.750. The summed E-state index contributed by atoms with van der Waals surface area (Å²) in [5.41, 5.74) is 6.29. The lowest BCUT2D eigenvalue weighted by atomic mass is 10.2. The van der Waals surface area contributed by atoms with Crippen LogP contribution in [0.15, 0.2) is 18.3 Å². The average Bonchev–Trinajstić information content (AvgIpc) is 2.38. The number of nitrogens with two attached hydrogens (primary N) is 1. The van der Waals surface area contributed by atoms with Crippen molar-refractivity contribution in [1.29, 1.82) is 0 Å². The first-order valence-corrected chi connectivity index (χ1v) is 5.81. The van der Waals surface area contributed by atoms with Gasteiger partial charge in [-0.25, -0.2) is 4.98 Å². The van der Waals surface area contributed by atoms with Gasteiger partial charge in [-0.15, -0.1) is 0 Å². The molecule has 6 heteroatoms. The van der Waals surface area contributed by atoms with E-state index in [0.29, 0.717) is 31.2 Å². The normalized spacial score (nSPS) is 11.9. The van der Waals surface area contributed by atoms with Crippen molar-refractivity contribution in [1.82, 2.24) is 4.98 Å². The van der Waals surface area contributed by atoms with E-state index in [1.54, 1.807) is 19.2 Å². The summed E-state index contributed by atoms with van der Waals surface area (Å²) in [5, 5.41) is 2.68. The Bertz CT molecular complexity index is 367. The van der Waals surface area contributed by atoms with Crippen molar-refractivity contribution in [2.75, 3.05) is 25.6 Å². The summed E-state index contributed by atoms with van der Waals surface area (Å²) in [6.07, 6.45) is 2.01. The summed E-state index contributed by atoms with van der Waals surface area (Å²) >= 11 is 0. The molecule has 6 nitrogen and oxygen atoms in total. The Kier molecular flexibility index (Phi) is 6.10. The molecule has 0 saturated heterocycles. The minimum Gasteiger partial charge on any atom is -0.478 e. The number of hydrogen-bond donors (Lipinski definition) is 2. The van der Waals surface area contributed by atoms with E-state index in [2.05, 4.69) is 10.3 Å². The smallest absolute Gasteiger partial charge is 0.241 e. The fraction of sp³-hybridized carbons (Fsp3) is 0.500. The first-order chi connectivity index (χ1) is 8.67. The summed E-state index contributed by atoms with van der Waals surface area (Å²) in [6.45, 7) is 2.89. The van der Waals surface area contributed by atoms with Crippen LogP contribution in [0.4, 0.5) is 5.69 Å². The van der Waals surface area contributed by atoms with Crippen LogP contribution in [0, 0.1) is 0 Å². The molecule has 0 aliphatic heterocycles. The first-order valence-electron chi connectivity index (χ1n) is 5.81. The molecule has 0 bridgehead atoms. The number of carbonyl (C=O) groups excluding carboxylic acids is 1. The maximum Gasteiger partial charge on any atom is 0.241 e. The average molecular weight is 253 g/mol. The van der Waals surface area contributed by atoms with E-state index >= 15 is 0 Å². The van der Waals surface area contributed by atoms with Crippen LogP contribution in [-0.2, 0) is 9.53 Å². The maximum atomic E-state index is 11.7. The molecular weight excluding hydrogens is 234 g/mol. The predicted molar refractivity (Wildman–Crippen MR) is 68.5 cm³/mol. The van der Waals surface area contributed by atoms with Crippen LogP contribution in [0.5, 0.6) is 5.88 Å². The fourth-order valence-electron chi connectivity index (χ4n) is 1.30. The van der Waals surface area contributed by atoms with Gasteiger partial charge in [0, 0.05) is 19.8 Å². The van der Waals surface area contributed by atoms with Crippen molar-refractivity contribution in [3.63, 3.8) is 0 Å². The highest BCUT2D eigenvalue weighted by molar-refractivity contribution is 5.94. The zero-order valence-electron chi connectivity index (χ0n) is 10.7. The number of nitrogens with zero attached hydrogens (tertiary/aromatic N) is 1. The molecule has 0 fully saturated rings. The predicted octanol–water partition coefficient (Wildman–Crippen LogP) is 0.783. The van der Waals surface area contributed by atoms with Gasteiger partial charge in [-0.1, -0.05) is 0 Å². The lowest BCUT2D eigenvalue weighted by molar-refractivity contribution is -0.117. The molecule has 1 aromatic rings. The van der Waals surface area contributed by atoms with Crippen LogP contribution < -0.4 is 15.8 Å². The van der Waals surface area contributed by atoms with Crippen molar-refractivity contribution in [2.24, 2.45) is 5.73 Å². The highest BCUT2D eigenvalue weighted by Crippen LogP contribution is 2.11. The van der Waals surface area contributed by atoms with Crippen LogP contribution in [0.2, 0.25) is 0 Å². The van der Waals surface area contributed by atoms with Crippen molar-refractivity contribution in [2.45, 2.75) is 19.4 Å². The second-order valence-electron chi connectivity index (χ2n) is 3.70. The molecule has 1 unspecified atom stereocenters. The first kappa shape index (κ1) is 14.4. The minimum absolute atomic E-state index is 0.252. The monoisotopic (exact) mass is 253 g/mol. The number of amides is 1. The summed E-state index contributed by atoms with van der Waals surface area (Å²) < 4.78 is 10.1. The molecule has 0 aliphatic rings. The van der Waals surface area contributed by atoms with Gasteiger partial charge in [-0.2, -0.15) is 0 Å². The molecule has 1 heterocycles. The van der Waals surface area contributed by atoms with Gasteiger partial charge >= 0.3 is 0 Å². The molecule has 1 aromatic heterocycles. The molecule has 1 atom stereocenters. The molecule has 18 heavy (non-hydrogen) atoms. The van der Waals surface area contributed by atoms with Crippen LogP contribution in [0.25, 0.3) is 0 Å². The molecular formula is C12H19N3O3. The minimum atomic E-state index is -0.587. The number of aromatic nitrogens is 1. The lowest BCUT2D eigenvalue weighted by Crippen LogP contribution is -2.36. The van der Waals surface area contributed by atoms with Gasteiger partial charge in [-0.3, -0.25) is 4.79 Å². The highest BCUT2D eigenvalue weighted by Gasteiger charge is 2.13. The third-order valence-corrected chi connectivity index (χ3v) is 2.27. The molecule has 1 rings (SSSR count). The van der Waals surface area contributed by atoms with Crippen molar-refractivity contribution in [3.8, 4) is 5.88 Å². The standard InChI is InChI=1S/C12H19N3O3/c1-3-18-11-5-4-9(8-14-11)15-12(16)10(13)6-7-17-2/h4-5,8,10H,3,6-7,13H2,1-2H3,(H,15,16). The number of methoxy groups -OCH3 is 1. The maximum absolute atomic E-state index is 11.7. The van der Waals surface area contributed by atoms with E-state index in [-0.39, 0.29) is 5.91 Å².